The molecule has 2 aromatic rings. The number of thiocarbonyl (C=S) groups is 1. The van der Waals surface area contributed by atoms with Crippen LogP contribution in [0.15, 0.2) is 29.3 Å². The summed E-state index contributed by atoms with van der Waals surface area (Å²) in [4.78, 5) is 3.88. The molecule has 0 fully saturated rings. The summed E-state index contributed by atoms with van der Waals surface area (Å²) in [6, 6.07) is 3.18. The third-order valence-corrected chi connectivity index (χ3v) is 2.99. The van der Waals surface area contributed by atoms with Crippen LogP contribution in [0.1, 0.15) is 5.56 Å². The molecule has 0 aliphatic heterocycles. The lowest BCUT2D eigenvalue weighted by Crippen LogP contribution is -2.12. The average molecular weight is 301 g/mol. The molecular formula is C9H6BrFN4S. The Morgan fingerprint density at radius 3 is 2.81 bits per heavy atom. The minimum absolute atomic E-state index is 0.135. The third-order valence-electron chi connectivity index (χ3n) is 1.99. The van der Waals surface area contributed by atoms with E-state index in [1.165, 1.54) is 17.3 Å². The van der Waals surface area contributed by atoms with Crippen LogP contribution >= 0.6 is 28.1 Å². The van der Waals surface area contributed by atoms with E-state index in [0.29, 0.717) is 5.56 Å². The minimum atomic E-state index is -0.476. The van der Waals surface area contributed by atoms with Crippen molar-refractivity contribution in [3.8, 4) is 5.69 Å². The Morgan fingerprint density at radius 1 is 1.50 bits per heavy atom. The number of hydrogen-bond acceptors (Lipinski definition) is 3. The van der Waals surface area contributed by atoms with Crippen molar-refractivity contribution in [1.82, 2.24) is 14.8 Å². The van der Waals surface area contributed by atoms with Gasteiger partial charge >= 0.3 is 0 Å². The first-order valence-electron chi connectivity index (χ1n) is 4.24. The maximum Gasteiger partial charge on any atom is 0.163 e. The second-order valence-electron chi connectivity index (χ2n) is 2.96. The molecule has 2 N–H and O–H groups in total. The first-order chi connectivity index (χ1) is 7.61. The van der Waals surface area contributed by atoms with Gasteiger partial charge in [0, 0.05) is 5.56 Å². The van der Waals surface area contributed by atoms with Crippen LogP contribution in [0.2, 0.25) is 0 Å². The zero-order chi connectivity index (χ0) is 11.7. The van der Waals surface area contributed by atoms with Crippen molar-refractivity contribution in [2.45, 2.75) is 0 Å². The van der Waals surface area contributed by atoms with E-state index in [9.17, 15) is 4.39 Å². The van der Waals surface area contributed by atoms with Crippen LogP contribution in [0, 0.1) is 5.82 Å². The van der Waals surface area contributed by atoms with Gasteiger partial charge in [0.2, 0.25) is 0 Å². The topological polar surface area (TPSA) is 56.7 Å². The highest BCUT2D eigenvalue weighted by Gasteiger charge is 2.14. The van der Waals surface area contributed by atoms with Gasteiger partial charge in [-0.25, -0.2) is 14.1 Å². The number of benzene rings is 1. The third kappa shape index (κ3) is 1.83. The van der Waals surface area contributed by atoms with Crippen molar-refractivity contribution in [3.63, 3.8) is 0 Å². The van der Waals surface area contributed by atoms with E-state index in [4.69, 9.17) is 18.0 Å². The Balaban J connectivity index is 2.60. The van der Waals surface area contributed by atoms with Gasteiger partial charge in [0.05, 0.1) is 4.47 Å². The lowest BCUT2D eigenvalue weighted by atomic mass is 10.2. The average Bonchev–Trinajstić information content (AvgIpc) is 2.74. The number of aromatic nitrogens is 3. The van der Waals surface area contributed by atoms with Crippen molar-refractivity contribution in [2.75, 3.05) is 0 Å². The van der Waals surface area contributed by atoms with Gasteiger partial charge in [-0.05, 0) is 28.1 Å². The first kappa shape index (κ1) is 11.2. The van der Waals surface area contributed by atoms with Crippen LogP contribution in [-0.2, 0) is 0 Å². The molecule has 2 rings (SSSR count). The molecule has 0 aliphatic carbocycles. The fraction of sp³-hybridized carbons (Fsp3) is 0. The van der Waals surface area contributed by atoms with Crippen molar-refractivity contribution < 1.29 is 4.39 Å². The first-order valence-corrected chi connectivity index (χ1v) is 5.44. The standard InChI is InChI=1S/C9H6BrFN4S/c10-7-5(9(12)16)1-2-6(8(7)11)15-4-13-3-14-15/h1-4H,(H2,12,16). The van der Waals surface area contributed by atoms with Gasteiger partial charge < -0.3 is 5.73 Å². The minimum Gasteiger partial charge on any atom is -0.389 e. The summed E-state index contributed by atoms with van der Waals surface area (Å²) in [7, 11) is 0. The summed E-state index contributed by atoms with van der Waals surface area (Å²) in [5, 5.41) is 3.84. The normalized spacial score (nSPS) is 10.4. The Hall–Kier alpha value is -1.34. The fourth-order valence-electron chi connectivity index (χ4n) is 1.24. The van der Waals surface area contributed by atoms with Gasteiger partial charge in [-0.3, -0.25) is 0 Å². The van der Waals surface area contributed by atoms with Crippen LogP contribution < -0.4 is 5.73 Å². The lowest BCUT2D eigenvalue weighted by Gasteiger charge is -2.07. The van der Waals surface area contributed by atoms with Crippen molar-refractivity contribution in [1.29, 1.82) is 0 Å². The highest BCUT2D eigenvalue weighted by atomic mass is 79.9. The second kappa shape index (κ2) is 4.26. The Kier molecular flexibility index (Phi) is 2.97. The summed E-state index contributed by atoms with van der Waals surface area (Å²) in [6.07, 6.45) is 2.74. The predicted molar refractivity (Wildman–Crippen MR) is 64.9 cm³/mol. The molecule has 0 amide bonds. The van der Waals surface area contributed by atoms with Crippen molar-refractivity contribution in [2.24, 2.45) is 5.73 Å². The molecule has 82 valence electrons. The van der Waals surface area contributed by atoms with Crippen molar-refractivity contribution >= 4 is 33.1 Å². The maximum atomic E-state index is 13.9. The van der Waals surface area contributed by atoms with Gasteiger partial charge in [0.1, 0.15) is 23.3 Å². The predicted octanol–water partition coefficient (Wildman–Crippen LogP) is 1.80. The quantitative estimate of drug-likeness (QED) is 0.859. The number of rotatable bonds is 2. The summed E-state index contributed by atoms with van der Waals surface area (Å²) in [5.41, 5.74) is 6.19. The Morgan fingerprint density at radius 2 is 2.25 bits per heavy atom. The smallest absolute Gasteiger partial charge is 0.163 e. The molecule has 0 aliphatic rings. The van der Waals surface area contributed by atoms with Gasteiger partial charge in [0.15, 0.2) is 5.82 Å². The summed E-state index contributed by atoms with van der Waals surface area (Å²) in [5.74, 6) is -0.476. The molecule has 1 aromatic heterocycles. The van der Waals surface area contributed by atoms with Crippen LogP contribution in [0.4, 0.5) is 4.39 Å². The Bertz CT molecular complexity index is 541. The summed E-state index contributed by atoms with van der Waals surface area (Å²) in [6.45, 7) is 0. The van der Waals surface area contributed by atoms with E-state index in [0.717, 1.165) is 0 Å². The molecule has 0 saturated carbocycles. The molecule has 0 radical (unpaired) electrons. The molecule has 16 heavy (non-hydrogen) atoms. The number of nitrogens with two attached hydrogens (primary N) is 1. The fourth-order valence-corrected chi connectivity index (χ4v) is 2.09. The molecular weight excluding hydrogens is 295 g/mol. The summed E-state index contributed by atoms with van der Waals surface area (Å²) >= 11 is 7.91. The van der Waals surface area contributed by atoms with Gasteiger partial charge in [-0.1, -0.05) is 12.2 Å². The second-order valence-corrected chi connectivity index (χ2v) is 4.20. The van der Waals surface area contributed by atoms with Crippen molar-refractivity contribution in [3.05, 3.63) is 40.6 Å². The zero-order valence-electron chi connectivity index (χ0n) is 7.89. The zero-order valence-corrected chi connectivity index (χ0v) is 10.3. The highest BCUT2D eigenvalue weighted by Crippen LogP contribution is 2.25. The maximum absolute atomic E-state index is 13.9. The number of nitrogens with zero attached hydrogens (tertiary/aromatic N) is 3. The van der Waals surface area contributed by atoms with Gasteiger partial charge in [-0.2, -0.15) is 5.10 Å². The molecule has 0 saturated heterocycles. The SMILES string of the molecule is NC(=S)c1ccc(-n2cncn2)c(F)c1Br. The molecule has 0 unspecified atom stereocenters. The molecule has 0 spiro atoms. The van der Waals surface area contributed by atoms with Gasteiger partial charge in [0.25, 0.3) is 0 Å². The van der Waals surface area contributed by atoms with Gasteiger partial charge in [-0.15, -0.1) is 0 Å². The molecule has 1 heterocycles. The molecule has 7 heteroatoms. The number of halogens is 2. The largest absolute Gasteiger partial charge is 0.389 e. The van der Waals surface area contributed by atoms with E-state index in [1.54, 1.807) is 12.1 Å². The Labute approximate surface area is 104 Å². The molecule has 1 aromatic carbocycles. The number of hydrogen-bond donors (Lipinski definition) is 1. The van der Waals surface area contributed by atoms with E-state index >= 15 is 0 Å². The molecule has 0 bridgehead atoms. The van der Waals surface area contributed by atoms with E-state index in [-0.39, 0.29) is 15.1 Å². The van der Waals surface area contributed by atoms with Crippen LogP contribution in [0.5, 0.6) is 0 Å². The molecule has 4 nitrogen and oxygen atoms in total. The molecule has 0 atom stereocenters. The van der Waals surface area contributed by atoms with Crippen LogP contribution in [0.25, 0.3) is 5.69 Å². The highest BCUT2D eigenvalue weighted by molar-refractivity contribution is 9.10. The van der Waals surface area contributed by atoms with Crippen LogP contribution in [0.3, 0.4) is 0 Å². The lowest BCUT2D eigenvalue weighted by molar-refractivity contribution is 0.604. The van der Waals surface area contributed by atoms with Crippen LogP contribution in [-0.4, -0.2) is 19.8 Å². The van der Waals surface area contributed by atoms with E-state index < -0.39 is 5.82 Å². The van der Waals surface area contributed by atoms with E-state index in [2.05, 4.69) is 26.0 Å². The monoisotopic (exact) mass is 300 g/mol. The summed E-state index contributed by atoms with van der Waals surface area (Å²) < 4.78 is 15.5. The van der Waals surface area contributed by atoms with E-state index in [1.807, 2.05) is 0 Å².